The van der Waals surface area contributed by atoms with Gasteiger partial charge in [-0.05, 0) is 5.92 Å². The average molecular weight is 157 g/mol. The van der Waals surface area contributed by atoms with Gasteiger partial charge in [-0.15, -0.1) is 0 Å². The predicted octanol–water partition coefficient (Wildman–Crippen LogP) is 0.357. The van der Waals surface area contributed by atoms with Crippen molar-refractivity contribution < 1.29 is 9.47 Å². The van der Waals surface area contributed by atoms with Crippen LogP contribution in [0.15, 0.2) is 0 Å². The van der Waals surface area contributed by atoms with E-state index >= 15 is 0 Å². The van der Waals surface area contributed by atoms with Crippen LogP contribution in [0.5, 0.6) is 0 Å². The van der Waals surface area contributed by atoms with Crippen LogP contribution in [0.3, 0.4) is 0 Å². The summed E-state index contributed by atoms with van der Waals surface area (Å²) in [5, 5.41) is 3.35. The number of nitrogens with one attached hydrogen (secondary N) is 1. The van der Waals surface area contributed by atoms with Gasteiger partial charge in [0.15, 0.2) is 5.72 Å². The van der Waals surface area contributed by atoms with E-state index < -0.39 is 0 Å². The Balaban J connectivity index is 1.93. The minimum absolute atomic E-state index is 0.102. The molecule has 3 nitrogen and oxygen atoms in total. The van der Waals surface area contributed by atoms with Crippen LogP contribution < -0.4 is 5.32 Å². The molecule has 2 heterocycles. The molecule has 0 aliphatic carbocycles. The monoisotopic (exact) mass is 157 g/mol. The molecule has 1 atom stereocenters. The standard InChI is InChI=1S/C8H15NO2/c1-6(2)7-3-9-8(11-7)4-10-5-8/h6-7,9H,3-5H2,1-2H3. The maximum atomic E-state index is 5.81. The van der Waals surface area contributed by atoms with Gasteiger partial charge in [-0.25, -0.2) is 0 Å². The van der Waals surface area contributed by atoms with E-state index in [1.54, 1.807) is 0 Å². The maximum Gasteiger partial charge on any atom is 0.166 e. The van der Waals surface area contributed by atoms with Gasteiger partial charge in [-0.3, -0.25) is 5.32 Å². The Morgan fingerprint density at radius 1 is 1.45 bits per heavy atom. The molecule has 0 bridgehead atoms. The zero-order valence-corrected chi connectivity index (χ0v) is 7.09. The van der Waals surface area contributed by atoms with E-state index in [0.29, 0.717) is 12.0 Å². The minimum atomic E-state index is -0.102. The molecule has 0 saturated carbocycles. The molecule has 2 rings (SSSR count). The van der Waals surface area contributed by atoms with Crippen molar-refractivity contribution in [1.82, 2.24) is 5.32 Å². The highest BCUT2D eigenvalue weighted by molar-refractivity contribution is 4.93. The highest BCUT2D eigenvalue weighted by Crippen LogP contribution is 2.27. The van der Waals surface area contributed by atoms with Gasteiger partial charge in [0.25, 0.3) is 0 Å². The minimum Gasteiger partial charge on any atom is -0.372 e. The third-order valence-electron chi connectivity index (χ3n) is 2.42. The van der Waals surface area contributed by atoms with Crippen molar-refractivity contribution >= 4 is 0 Å². The molecule has 0 aromatic carbocycles. The normalized spacial score (nSPS) is 34.6. The molecule has 2 fully saturated rings. The lowest BCUT2D eigenvalue weighted by Crippen LogP contribution is -2.58. The molecular formula is C8H15NO2. The highest BCUT2D eigenvalue weighted by atomic mass is 16.6. The molecule has 2 aliphatic heterocycles. The van der Waals surface area contributed by atoms with Crippen molar-refractivity contribution in [1.29, 1.82) is 0 Å². The van der Waals surface area contributed by atoms with Gasteiger partial charge in [0.05, 0.1) is 19.3 Å². The summed E-state index contributed by atoms with van der Waals surface area (Å²) >= 11 is 0. The Kier molecular flexibility index (Phi) is 1.67. The second-order valence-corrected chi connectivity index (χ2v) is 3.77. The molecule has 1 N–H and O–H groups in total. The molecule has 2 aliphatic rings. The lowest BCUT2D eigenvalue weighted by molar-refractivity contribution is -0.214. The summed E-state index contributed by atoms with van der Waals surface area (Å²) in [5.74, 6) is 0.600. The van der Waals surface area contributed by atoms with Crippen LogP contribution in [-0.2, 0) is 9.47 Å². The van der Waals surface area contributed by atoms with Gasteiger partial charge in [0.2, 0.25) is 0 Å². The predicted molar refractivity (Wildman–Crippen MR) is 41.3 cm³/mol. The number of hydrogen-bond acceptors (Lipinski definition) is 3. The first-order chi connectivity index (χ1) is 5.22. The lowest BCUT2D eigenvalue weighted by Gasteiger charge is -2.37. The maximum absolute atomic E-state index is 5.81. The number of hydrogen-bond donors (Lipinski definition) is 1. The fourth-order valence-corrected chi connectivity index (χ4v) is 1.49. The summed E-state index contributed by atoms with van der Waals surface area (Å²) in [5.41, 5.74) is -0.102. The van der Waals surface area contributed by atoms with E-state index in [4.69, 9.17) is 9.47 Å². The third-order valence-corrected chi connectivity index (χ3v) is 2.42. The van der Waals surface area contributed by atoms with Gasteiger partial charge in [0.1, 0.15) is 0 Å². The molecule has 1 unspecified atom stereocenters. The van der Waals surface area contributed by atoms with Crippen LogP contribution in [0.4, 0.5) is 0 Å². The van der Waals surface area contributed by atoms with Gasteiger partial charge >= 0.3 is 0 Å². The number of ether oxygens (including phenoxy) is 2. The quantitative estimate of drug-likeness (QED) is 0.596. The van der Waals surface area contributed by atoms with Gasteiger partial charge in [-0.2, -0.15) is 0 Å². The molecule has 2 saturated heterocycles. The van der Waals surface area contributed by atoms with Crippen LogP contribution in [0.25, 0.3) is 0 Å². The Labute approximate surface area is 67.1 Å². The molecule has 0 radical (unpaired) electrons. The fourth-order valence-electron chi connectivity index (χ4n) is 1.49. The fraction of sp³-hybridized carbons (Fsp3) is 1.00. The van der Waals surface area contributed by atoms with Crippen LogP contribution in [0.1, 0.15) is 13.8 Å². The first kappa shape index (κ1) is 7.53. The van der Waals surface area contributed by atoms with Gasteiger partial charge in [0, 0.05) is 6.54 Å². The Morgan fingerprint density at radius 2 is 2.18 bits per heavy atom. The van der Waals surface area contributed by atoms with Crippen LogP contribution in [0.2, 0.25) is 0 Å². The first-order valence-electron chi connectivity index (χ1n) is 4.22. The average Bonchev–Trinajstić information content (AvgIpc) is 2.28. The highest BCUT2D eigenvalue weighted by Gasteiger charge is 2.46. The zero-order chi connectivity index (χ0) is 7.90. The zero-order valence-electron chi connectivity index (χ0n) is 7.09. The van der Waals surface area contributed by atoms with E-state index in [9.17, 15) is 0 Å². The summed E-state index contributed by atoms with van der Waals surface area (Å²) in [4.78, 5) is 0. The van der Waals surface area contributed by atoms with E-state index in [0.717, 1.165) is 19.8 Å². The topological polar surface area (TPSA) is 30.5 Å². The molecule has 3 heteroatoms. The van der Waals surface area contributed by atoms with Crippen LogP contribution in [-0.4, -0.2) is 31.6 Å². The largest absolute Gasteiger partial charge is 0.372 e. The van der Waals surface area contributed by atoms with Crippen molar-refractivity contribution in [2.45, 2.75) is 25.7 Å². The van der Waals surface area contributed by atoms with E-state index in [-0.39, 0.29) is 5.72 Å². The van der Waals surface area contributed by atoms with Crippen molar-refractivity contribution in [2.75, 3.05) is 19.8 Å². The van der Waals surface area contributed by atoms with Crippen LogP contribution >= 0.6 is 0 Å². The van der Waals surface area contributed by atoms with E-state index in [2.05, 4.69) is 19.2 Å². The second kappa shape index (κ2) is 2.44. The van der Waals surface area contributed by atoms with Crippen molar-refractivity contribution in [3.63, 3.8) is 0 Å². The van der Waals surface area contributed by atoms with Crippen molar-refractivity contribution in [3.8, 4) is 0 Å². The van der Waals surface area contributed by atoms with Crippen LogP contribution in [0, 0.1) is 5.92 Å². The van der Waals surface area contributed by atoms with Gasteiger partial charge in [-0.1, -0.05) is 13.8 Å². The SMILES string of the molecule is CC(C)C1CNC2(COC2)O1. The lowest BCUT2D eigenvalue weighted by atomic mass is 10.1. The van der Waals surface area contributed by atoms with E-state index in [1.165, 1.54) is 0 Å². The summed E-state index contributed by atoms with van der Waals surface area (Å²) in [6.07, 6.45) is 0.374. The Hall–Kier alpha value is -0.120. The van der Waals surface area contributed by atoms with Gasteiger partial charge < -0.3 is 9.47 Å². The summed E-state index contributed by atoms with van der Waals surface area (Å²) in [6.45, 7) is 6.78. The first-order valence-corrected chi connectivity index (χ1v) is 4.22. The molecule has 1 spiro atoms. The molecule has 0 aromatic heterocycles. The molecule has 0 aromatic rings. The second-order valence-electron chi connectivity index (χ2n) is 3.77. The smallest absolute Gasteiger partial charge is 0.166 e. The third kappa shape index (κ3) is 1.17. The van der Waals surface area contributed by atoms with Crippen molar-refractivity contribution in [3.05, 3.63) is 0 Å². The molecule has 0 amide bonds. The van der Waals surface area contributed by atoms with Crippen molar-refractivity contribution in [2.24, 2.45) is 5.92 Å². The Bertz CT molecular complexity index is 154. The summed E-state index contributed by atoms with van der Waals surface area (Å²) in [6, 6.07) is 0. The molecular weight excluding hydrogens is 142 g/mol. The summed E-state index contributed by atoms with van der Waals surface area (Å²) < 4.78 is 10.9. The molecule has 64 valence electrons. The molecule has 11 heavy (non-hydrogen) atoms. The van der Waals surface area contributed by atoms with E-state index in [1.807, 2.05) is 0 Å². The summed E-state index contributed by atoms with van der Waals surface area (Å²) in [7, 11) is 0. The Morgan fingerprint density at radius 3 is 2.45 bits per heavy atom. The number of rotatable bonds is 1.